The minimum Gasteiger partial charge on any atom is -0.342 e. The maximum atomic E-state index is 12.9. The molecule has 4 nitrogen and oxygen atoms in total. The number of likely N-dealkylation sites (tertiary alicyclic amines) is 1. The van der Waals surface area contributed by atoms with E-state index in [4.69, 9.17) is 0 Å². The van der Waals surface area contributed by atoms with Gasteiger partial charge in [0.15, 0.2) is 0 Å². The zero-order chi connectivity index (χ0) is 23.4. The number of nitrogens with zero attached hydrogens (tertiary/aromatic N) is 1. The predicted octanol–water partition coefficient (Wildman–Crippen LogP) is 5.55. The van der Waals surface area contributed by atoms with Crippen molar-refractivity contribution in [3.05, 3.63) is 48.0 Å². The summed E-state index contributed by atoms with van der Waals surface area (Å²) in [5, 5.41) is 9.78. The van der Waals surface area contributed by atoms with Gasteiger partial charge in [0.2, 0.25) is 5.91 Å². The quantitative estimate of drug-likeness (QED) is 0.406. The minimum atomic E-state index is 0.278. The Morgan fingerprint density at radius 2 is 1.41 bits per heavy atom. The highest BCUT2D eigenvalue weighted by atomic mass is 16.2. The van der Waals surface area contributed by atoms with Crippen LogP contribution in [0.4, 0.5) is 0 Å². The molecule has 4 heteroatoms. The Balaban J connectivity index is 1.03. The molecule has 0 unspecified atom stereocenters. The lowest BCUT2D eigenvalue weighted by molar-refractivity contribution is -0.131. The number of benzene rings is 2. The van der Waals surface area contributed by atoms with Gasteiger partial charge in [-0.15, -0.1) is 0 Å². The van der Waals surface area contributed by atoms with E-state index >= 15 is 0 Å². The summed E-state index contributed by atoms with van der Waals surface area (Å²) in [6.07, 6.45) is 13.9. The maximum absolute atomic E-state index is 12.9. The number of piperidine rings is 1. The Labute approximate surface area is 206 Å². The minimum absolute atomic E-state index is 0.278. The van der Waals surface area contributed by atoms with Gasteiger partial charge in [0.1, 0.15) is 0 Å². The molecular formula is C30H45N3O. The largest absolute Gasteiger partial charge is 0.342 e. The molecule has 2 fully saturated rings. The fraction of sp³-hybridized carbons (Fsp3) is 0.633. The van der Waals surface area contributed by atoms with Crippen molar-refractivity contribution < 1.29 is 4.79 Å². The molecule has 2 aromatic rings. The maximum Gasteiger partial charge on any atom is 0.227 e. The number of carbonyl (C=O) groups excluding carboxylic acids is 1. The zero-order valence-electron chi connectivity index (χ0n) is 21.1. The van der Waals surface area contributed by atoms with Gasteiger partial charge in [-0.05, 0) is 92.9 Å². The summed E-state index contributed by atoms with van der Waals surface area (Å²) in [6, 6.07) is 14.7. The molecule has 34 heavy (non-hydrogen) atoms. The van der Waals surface area contributed by atoms with Crippen molar-refractivity contribution in [1.82, 2.24) is 15.5 Å². The van der Waals surface area contributed by atoms with Crippen molar-refractivity contribution in [3.8, 4) is 0 Å². The highest BCUT2D eigenvalue weighted by Gasteiger charge is 2.23. The smallest absolute Gasteiger partial charge is 0.227 e. The van der Waals surface area contributed by atoms with Crippen LogP contribution < -0.4 is 10.6 Å². The predicted molar refractivity (Wildman–Crippen MR) is 143 cm³/mol. The summed E-state index contributed by atoms with van der Waals surface area (Å²) in [5.41, 5.74) is 1.15. The molecule has 1 aliphatic carbocycles. The summed E-state index contributed by atoms with van der Waals surface area (Å²) in [5.74, 6) is 1.92. The van der Waals surface area contributed by atoms with Gasteiger partial charge in [0.25, 0.3) is 0 Å². The average molecular weight is 464 g/mol. The number of fused-ring (bicyclic) bond motifs is 1. The van der Waals surface area contributed by atoms with Gasteiger partial charge in [0, 0.05) is 13.1 Å². The lowest BCUT2D eigenvalue weighted by Gasteiger charge is -2.32. The number of unbranched alkanes of at least 4 members (excludes halogenated alkanes) is 2. The summed E-state index contributed by atoms with van der Waals surface area (Å²) < 4.78 is 0. The van der Waals surface area contributed by atoms with Crippen molar-refractivity contribution in [2.45, 2.75) is 70.6 Å². The van der Waals surface area contributed by atoms with Crippen LogP contribution in [0.3, 0.4) is 0 Å². The first-order valence-electron chi connectivity index (χ1n) is 14.0. The zero-order valence-corrected chi connectivity index (χ0v) is 21.1. The molecule has 0 spiro atoms. The fourth-order valence-electron chi connectivity index (χ4n) is 5.79. The third kappa shape index (κ3) is 7.81. The molecule has 0 aromatic heterocycles. The number of carbonyl (C=O) groups is 1. The summed E-state index contributed by atoms with van der Waals surface area (Å²) in [4.78, 5) is 15.0. The second kappa shape index (κ2) is 13.8. The molecule has 2 N–H and O–H groups in total. The fourth-order valence-corrected chi connectivity index (χ4v) is 5.79. The topological polar surface area (TPSA) is 44.4 Å². The van der Waals surface area contributed by atoms with Gasteiger partial charge in [-0.3, -0.25) is 4.79 Å². The first kappa shape index (κ1) is 25.2. The van der Waals surface area contributed by atoms with Crippen molar-refractivity contribution in [2.75, 3.05) is 39.3 Å². The van der Waals surface area contributed by atoms with Gasteiger partial charge < -0.3 is 15.5 Å². The van der Waals surface area contributed by atoms with Crippen LogP contribution in [-0.4, -0.2) is 50.1 Å². The van der Waals surface area contributed by atoms with Crippen LogP contribution in [0.1, 0.15) is 69.8 Å². The number of hydrogen-bond acceptors (Lipinski definition) is 3. The lowest BCUT2D eigenvalue weighted by atomic mass is 9.89. The van der Waals surface area contributed by atoms with Crippen LogP contribution in [0.15, 0.2) is 42.5 Å². The first-order chi connectivity index (χ1) is 16.8. The van der Waals surface area contributed by atoms with E-state index in [1.807, 2.05) is 0 Å². The number of hydrogen-bond donors (Lipinski definition) is 2. The Hall–Kier alpha value is -1.91. The third-order valence-electron chi connectivity index (χ3n) is 7.99. The molecule has 186 valence electrons. The van der Waals surface area contributed by atoms with E-state index in [1.54, 1.807) is 0 Å². The van der Waals surface area contributed by atoms with Crippen LogP contribution in [0.2, 0.25) is 0 Å². The molecule has 0 radical (unpaired) electrons. The van der Waals surface area contributed by atoms with Crippen molar-refractivity contribution >= 4 is 16.7 Å². The molecule has 2 aromatic carbocycles. The van der Waals surface area contributed by atoms with Gasteiger partial charge >= 0.3 is 0 Å². The molecule has 1 saturated carbocycles. The molecule has 0 atom stereocenters. The summed E-state index contributed by atoms with van der Waals surface area (Å²) in [6.45, 7) is 6.46. The summed E-state index contributed by atoms with van der Waals surface area (Å²) in [7, 11) is 0. The van der Waals surface area contributed by atoms with Crippen molar-refractivity contribution in [1.29, 1.82) is 0 Å². The summed E-state index contributed by atoms with van der Waals surface area (Å²) >= 11 is 0. The van der Waals surface area contributed by atoms with Gasteiger partial charge in [-0.1, -0.05) is 68.1 Å². The van der Waals surface area contributed by atoms with E-state index in [2.05, 4.69) is 58.0 Å². The Kier molecular flexibility index (Phi) is 10.3. The SMILES string of the molecule is O=C(Cc1cccc2ccccc12)N1CCC(CNCCCCCNCC2CCCCC2)CC1. The van der Waals surface area contributed by atoms with E-state index in [0.29, 0.717) is 12.3 Å². The van der Waals surface area contributed by atoms with Gasteiger partial charge in [-0.2, -0.15) is 0 Å². The highest BCUT2D eigenvalue weighted by Crippen LogP contribution is 2.23. The second-order valence-electron chi connectivity index (χ2n) is 10.6. The second-order valence-corrected chi connectivity index (χ2v) is 10.6. The van der Waals surface area contributed by atoms with Crippen LogP contribution in [0.5, 0.6) is 0 Å². The first-order valence-corrected chi connectivity index (χ1v) is 14.0. The average Bonchev–Trinajstić information content (AvgIpc) is 2.89. The molecule has 4 rings (SSSR count). The van der Waals surface area contributed by atoms with Crippen molar-refractivity contribution in [2.24, 2.45) is 11.8 Å². The molecule has 1 aliphatic heterocycles. The Bertz CT molecular complexity index is 863. The molecule has 1 amide bonds. The van der Waals surface area contributed by atoms with Crippen LogP contribution >= 0.6 is 0 Å². The molecule has 0 bridgehead atoms. The molecule has 1 saturated heterocycles. The highest BCUT2D eigenvalue weighted by molar-refractivity contribution is 5.90. The van der Waals surface area contributed by atoms with Gasteiger partial charge in [-0.25, -0.2) is 0 Å². The Morgan fingerprint density at radius 3 is 2.15 bits per heavy atom. The molecular weight excluding hydrogens is 418 g/mol. The Morgan fingerprint density at radius 1 is 0.765 bits per heavy atom. The third-order valence-corrected chi connectivity index (χ3v) is 7.99. The van der Waals surface area contributed by atoms with Crippen LogP contribution in [-0.2, 0) is 11.2 Å². The van der Waals surface area contributed by atoms with E-state index < -0.39 is 0 Å². The van der Waals surface area contributed by atoms with Crippen LogP contribution in [0, 0.1) is 11.8 Å². The molecule has 1 heterocycles. The van der Waals surface area contributed by atoms with Crippen molar-refractivity contribution in [3.63, 3.8) is 0 Å². The van der Waals surface area contributed by atoms with E-state index in [0.717, 1.165) is 50.5 Å². The number of rotatable bonds is 12. The number of nitrogens with one attached hydrogen (secondary N) is 2. The monoisotopic (exact) mass is 463 g/mol. The lowest BCUT2D eigenvalue weighted by Crippen LogP contribution is -2.41. The van der Waals surface area contributed by atoms with E-state index in [9.17, 15) is 4.79 Å². The normalized spacial score (nSPS) is 17.9. The number of amides is 1. The molecule has 2 aliphatic rings. The standard InChI is InChI=1S/C30H45N3O/c34-30(22-28-14-9-13-27-12-5-6-15-29(27)28)33-20-16-26(17-21-33)24-32-19-8-2-7-18-31-23-25-10-3-1-4-11-25/h5-6,9,12-15,25-26,31-32H,1-4,7-8,10-11,16-24H2. The van der Waals surface area contributed by atoms with Crippen LogP contribution in [0.25, 0.3) is 10.8 Å². The van der Waals surface area contributed by atoms with E-state index in [1.165, 1.54) is 75.2 Å². The van der Waals surface area contributed by atoms with E-state index in [-0.39, 0.29) is 5.91 Å². The van der Waals surface area contributed by atoms with Gasteiger partial charge in [0.05, 0.1) is 6.42 Å².